The SMILES string of the molecule is Cc1nc2ncccn2c1CN1CCc2nc(-c3cccnc3)[nH]c(=O)c2C1. The van der Waals surface area contributed by atoms with Gasteiger partial charge >= 0.3 is 0 Å². The van der Waals surface area contributed by atoms with Crippen molar-refractivity contribution in [2.75, 3.05) is 6.54 Å². The molecular weight excluding hydrogens is 354 g/mol. The molecule has 0 aromatic carbocycles. The van der Waals surface area contributed by atoms with Crippen LogP contribution in [-0.2, 0) is 19.5 Å². The van der Waals surface area contributed by atoms with E-state index in [1.54, 1.807) is 18.6 Å². The summed E-state index contributed by atoms with van der Waals surface area (Å²) in [5.74, 6) is 1.28. The fourth-order valence-electron chi connectivity index (χ4n) is 3.70. The van der Waals surface area contributed by atoms with Crippen molar-refractivity contribution in [3.63, 3.8) is 0 Å². The first-order valence-corrected chi connectivity index (χ1v) is 9.22. The van der Waals surface area contributed by atoms with E-state index in [1.165, 1.54) is 0 Å². The van der Waals surface area contributed by atoms with Crippen molar-refractivity contribution in [1.29, 1.82) is 0 Å². The summed E-state index contributed by atoms with van der Waals surface area (Å²) >= 11 is 0. The first kappa shape index (κ1) is 16.8. The molecule has 0 unspecified atom stereocenters. The van der Waals surface area contributed by atoms with Crippen LogP contribution in [-0.4, -0.2) is 40.8 Å². The smallest absolute Gasteiger partial charge is 0.255 e. The van der Waals surface area contributed by atoms with Crippen molar-refractivity contribution in [3.05, 3.63) is 76.0 Å². The highest BCUT2D eigenvalue weighted by atomic mass is 16.1. The van der Waals surface area contributed by atoms with Crippen LogP contribution in [0.25, 0.3) is 17.2 Å². The molecule has 0 fully saturated rings. The van der Waals surface area contributed by atoms with E-state index in [-0.39, 0.29) is 5.56 Å². The molecule has 0 saturated heterocycles. The van der Waals surface area contributed by atoms with Crippen molar-refractivity contribution >= 4 is 5.78 Å². The highest BCUT2D eigenvalue weighted by Gasteiger charge is 2.23. The van der Waals surface area contributed by atoms with E-state index in [9.17, 15) is 4.79 Å². The van der Waals surface area contributed by atoms with Crippen LogP contribution in [0.4, 0.5) is 0 Å². The number of pyridine rings is 1. The van der Waals surface area contributed by atoms with Gasteiger partial charge in [0.1, 0.15) is 5.82 Å². The molecule has 1 aliphatic rings. The molecule has 0 atom stereocenters. The molecule has 0 radical (unpaired) electrons. The number of nitrogens with one attached hydrogen (secondary N) is 1. The molecule has 0 saturated carbocycles. The quantitative estimate of drug-likeness (QED) is 0.588. The van der Waals surface area contributed by atoms with Gasteiger partial charge in [-0.25, -0.2) is 15.0 Å². The van der Waals surface area contributed by atoms with Crippen LogP contribution >= 0.6 is 0 Å². The first-order chi connectivity index (χ1) is 13.7. The highest BCUT2D eigenvalue weighted by Crippen LogP contribution is 2.20. The van der Waals surface area contributed by atoms with Gasteiger partial charge in [-0.2, -0.15) is 0 Å². The Hall–Kier alpha value is -3.39. The van der Waals surface area contributed by atoms with E-state index < -0.39 is 0 Å². The molecule has 1 N–H and O–H groups in total. The summed E-state index contributed by atoms with van der Waals surface area (Å²) in [6, 6.07) is 5.63. The Morgan fingerprint density at radius 2 is 2.14 bits per heavy atom. The third-order valence-electron chi connectivity index (χ3n) is 5.16. The van der Waals surface area contributed by atoms with Crippen LogP contribution < -0.4 is 5.56 Å². The molecular formula is C20H19N7O. The van der Waals surface area contributed by atoms with Crippen LogP contribution in [0.2, 0.25) is 0 Å². The molecule has 8 nitrogen and oxygen atoms in total. The topological polar surface area (TPSA) is 92.1 Å². The highest BCUT2D eigenvalue weighted by molar-refractivity contribution is 5.53. The molecule has 1 aliphatic heterocycles. The summed E-state index contributed by atoms with van der Waals surface area (Å²) in [5, 5.41) is 0. The summed E-state index contributed by atoms with van der Waals surface area (Å²) in [6.07, 6.45) is 7.87. The minimum Gasteiger partial charge on any atom is -0.306 e. The molecule has 0 aliphatic carbocycles. The predicted octanol–water partition coefficient (Wildman–Crippen LogP) is 1.74. The van der Waals surface area contributed by atoms with E-state index in [1.807, 2.05) is 35.7 Å². The van der Waals surface area contributed by atoms with Crippen molar-refractivity contribution in [2.45, 2.75) is 26.4 Å². The van der Waals surface area contributed by atoms with Gasteiger partial charge in [-0.05, 0) is 25.1 Å². The number of rotatable bonds is 3. The number of nitrogens with zero attached hydrogens (tertiary/aromatic N) is 6. The summed E-state index contributed by atoms with van der Waals surface area (Å²) in [7, 11) is 0. The zero-order valence-corrected chi connectivity index (χ0v) is 15.5. The third kappa shape index (κ3) is 2.87. The molecule has 8 heteroatoms. The van der Waals surface area contributed by atoms with Gasteiger partial charge in [0.25, 0.3) is 5.56 Å². The summed E-state index contributed by atoms with van der Waals surface area (Å²) in [5.41, 5.74) is 4.41. The average Bonchev–Trinajstić information content (AvgIpc) is 3.04. The molecule has 0 bridgehead atoms. The molecule has 4 aromatic heterocycles. The minimum atomic E-state index is -0.0786. The zero-order valence-electron chi connectivity index (χ0n) is 15.5. The number of fused-ring (bicyclic) bond motifs is 2. The Bertz CT molecular complexity index is 1210. The van der Waals surface area contributed by atoms with Crippen LogP contribution in [0.1, 0.15) is 22.6 Å². The fourth-order valence-corrected chi connectivity index (χ4v) is 3.70. The number of aromatic nitrogens is 6. The van der Waals surface area contributed by atoms with Gasteiger partial charge in [0.05, 0.1) is 22.6 Å². The van der Waals surface area contributed by atoms with Crippen molar-refractivity contribution in [3.8, 4) is 11.4 Å². The second kappa shape index (κ2) is 6.65. The second-order valence-electron chi connectivity index (χ2n) is 6.98. The average molecular weight is 373 g/mol. The number of hydrogen-bond donors (Lipinski definition) is 1. The Morgan fingerprint density at radius 3 is 3.00 bits per heavy atom. The molecule has 140 valence electrons. The van der Waals surface area contributed by atoms with Gasteiger partial charge in [0, 0.05) is 56.4 Å². The normalized spacial score (nSPS) is 14.3. The molecule has 0 spiro atoms. The largest absolute Gasteiger partial charge is 0.306 e. The lowest BCUT2D eigenvalue weighted by Crippen LogP contribution is -2.35. The van der Waals surface area contributed by atoms with Crippen LogP contribution in [0, 0.1) is 6.92 Å². The fraction of sp³-hybridized carbons (Fsp3) is 0.250. The summed E-state index contributed by atoms with van der Waals surface area (Å²) in [4.78, 5) is 35.5. The van der Waals surface area contributed by atoms with Gasteiger partial charge in [-0.1, -0.05) is 0 Å². The van der Waals surface area contributed by atoms with Crippen molar-refractivity contribution in [1.82, 2.24) is 34.2 Å². The van der Waals surface area contributed by atoms with Gasteiger partial charge in [0.15, 0.2) is 0 Å². The van der Waals surface area contributed by atoms with Gasteiger partial charge in [0.2, 0.25) is 5.78 Å². The zero-order chi connectivity index (χ0) is 19.1. The number of aryl methyl sites for hydroxylation is 1. The molecule has 4 aromatic rings. The number of hydrogen-bond acceptors (Lipinski definition) is 6. The minimum absolute atomic E-state index is 0.0786. The Balaban J connectivity index is 1.44. The molecule has 0 amide bonds. The lowest BCUT2D eigenvalue weighted by molar-refractivity contribution is 0.238. The summed E-state index contributed by atoms with van der Waals surface area (Å²) < 4.78 is 2.01. The Morgan fingerprint density at radius 1 is 1.21 bits per heavy atom. The van der Waals surface area contributed by atoms with E-state index in [4.69, 9.17) is 4.98 Å². The standard InChI is InChI=1S/C20H19N7O/c1-13-17(27-8-3-7-22-20(27)23-13)12-26-9-5-16-15(11-26)19(28)25-18(24-16)14-4-2-6-21-10-14/h2-4,6-8,10H,5,9,11-12H2,1H3,(H,24,25,28). The van der Waals surface area contributed by atoms with Crippen molar-refractivity contribution < 1.29 is 0 Å². The van der Waals surface area contributed by atoms with Gasteiger partial charge < -0.3 is 4.98 Å². The number of imidazole rings is 1. The first-order valence-electron chi connectivity index (χ1n) is 9.22. The van der Waals surface area contributed by atoms with E-state index in [0.717, 1.165) is 41.2 Å². The summed E-state index contributed by atoms with van der Waals surface area (Å²) in [6.45, 7) is 4.11. The van der Waals surface area contributed by atoms with Crippen LogP contribution in [0.5, 0.6) is 0 Å². The lowest BCUT2D eigenvalue weighted by Gasteiger charge is -2.27. The molecule has 28 heavy (non-hydrogen) atoms. The van der Waals surface area contributed by atoms with E-state index in [0.29, 0.717) is 24.7 Å². The molecule has 5 heterocycles. The van der Waals surface area contributed by atoms with Gasteiger partial charge in [-0.15, -0.1) is 0 Å². The number of aromatic amines is 1. The maximum atomic E-state index is 12.7. The predicted molar refractivity (Wildman–Crippen MR) is 104 cm³/mol. The van der Waals surface area contributed by atoms with Crippen LogP contribution in [0.15, 0.2) is 47.8 Å². The van der Waals surface area contributed by atoms with Crippen molar-refractivity contribution in [2.24, 2.45) is 0 Å². The van der Waals surface area contributed by atoms with Gasteiger partial charge in [-0.3, -0.25) is 19.1 Å². The number of H-pyrrole nitrogens is 1. The Kier molecular flexibility index (Phi) is 3.98. The van der Waals surface area contributed by atoms with E-state index >= 15 is 0 Å². The molecule has 5 rings (SSSR count). The van der Waals surface area contributed by atoms with E-state index in [2.05, 4.69) is 24.8 Å². The maximum absolute atomic E-state index is 12.7. The third-order valence-corrected chi connectivity index (χ3v) is 5.16. The second-order valence-corrected chi connectivity index (χ2v) is 6.98. The lowest BCUT2D eigenvalue weighted by atomic mass is 10.1. The Labute approximate surface area is 161 Å². The monoisotopic (exact) mass is 373 g/mol. The maximum Gasteiger partial charge on any atom is 0.255 e. The van der Waals surface area contributed by atoms with Crippen LogP contribution in [0.3, 0.4) is 0 Å².